The van der Waals surface area contributed by atoms with Crippen molar-refractivity contribution >= 4 is 0 Å². The highest BCUT2D eigenvalue weighted by Crippen LogP contribution is 2.25. The number of fused-ring (bicyclic) bond motifs is 1. The summed E-state index contributed by atoms with van der Waals surface area (Å²) in [7, 11) is 2.03. The fourth-order valence-electron chi connectivity index (χ4n) is 2.08. The zero-order valence-electron chi connectivity index (χ0n) is 7.29. The van der Waals surface area contributed by atoms with Crippen molar-refractivity contribution in [2.75, 3.05) is 20.3 Å². The smallest absolute Gasteiger partial charge is 0.121 e. The zero-order chi connectivity index (χ0) is 7.84. The molecule has 0 amide bonds. The monoisotopic (exact) mass is 156 g/mol. The number of rotatable bonds is 0. The van der Waals surface area contributed by atoms with E-state index in [1.807, 2.05) is 12.1 Å². The molecule has 64 valence electrons. The molecule has 2 rings (SSSR count). The van der Waals surface area contributed by atoms with Gasteiger partial charge in [-0.15, -0.1) is 0 Å². The van der Waals surface area contributed by atoms with E-state index in [0.29, 0.717) is 6.04 Å². The number of likely N-dealkylation sites (N-methyl/N-ethyl adjacent to an activating group) is 1. The van der Waals surface area contributed by atoms with Crippen LogP contribution in [-0.4, -0.2) is 42.4 Å². The summed E-state index contributed by atoms with van der Waals surface area (Å²) >= 11 is 0. The Bertz CT molecular complexity index is 151. The van der Waals surface area contributed by atoms with E-state index < -0.39 is 0 Å². The van der Waals surface area contributed by atoms with Crippen molar-refractivity contribution in [3.8, 4) is 0 Å². The van der Waals surface area contributed by atoms with Gasteiger partial charge in [-0.3, -0.25) is 9.74 Å². The van der Waals surface area contributed by atoms with E-state index in [1.165, 1.54) is 19.4 Å². The van der Waals surface area contributed by atoms with Gasteiger partial charge in [0, 0.05) is 25.7 Å². The summed E-state index contributed by atoms with van der Waals surface area (Å²) in [4.78, 5) is 7.90. The average molecular weight is 156 g/mol. The third-order valence-corrected chi connectivity index (χ3v) is 2.97. The van der Waals surface area contributed by atoms with Gasteiger partial charge in [-0.2, -0.15) is 5.06 Å². The second-order valence-electron chi connectivity index (χ2n) is 3.57. The van der Waals surface area contributed by atoms with Crippen molar-refractivity contribution in [1.29, 1.82) is 0 Å². The molecule has 2 aliphatic heterocycles. The van der Waals surface area contributed by atoms with Gasteiger partial charge in [0.15, 0.2) is 0 Å². The second kappa shape index (κ2) is 2.73. The van der Waals surface area contributed by atoms with Crippen LogP contribution in [0, 0.1) is 0 Å². The molecule has 0 aromatic heterocycles. The minimum Gasteiger partial charge on any atom is -0.283 e. The summed E-state index contributed by atoms with van der Waals surface area (Å²) in [6.07, 6.45) is 2.68. The van der Waals surface area contributed by atoms with Gasteiger partial charge in [-0.25, -0.2) is 0 Å². The van der Waals surface area contributed by atoms with E-state index in [2.05, 4.69) is 11.8 Å². The van der Waals surface area contributed by atoms with Crippen LogP contribution in [-0.2, 0) is 4.84 Å². The SMILES string of the molecule is C[C@H]1[C@@H]2CCCN2CON1C. The Balaban J connectivity index is 2.06. The van der Waals surface area contributed by atoms with Gasteiger partial charge in [0.25, 0.3) is 0 Å². The standard InChI is InChI=1S/C8H16N2O/c1-7-8-4-3-5-10(8)6-11-9(7)2/h7-8H,3-6H2,1-2H3/t7-,8-/m0/s1. The van der Waals surface area contributed by atoms with E-state index in [0.717, 1.165) is 12.8 Å². The molecule has 0 saturated carbocycles. The third kappa shape index (κ3) is 1.17. The van der Waals surface area contributed by atoms with E-state index in [9.17, 15) is 0 Å². The van der Waals surface area contributed by atoms with Crippen molar-refractivity contribution < 1.29 is 4.84 Å². The van der Waals surface area contributed by atoms with Gasteiger partial charge in [0.05, 0.1) is 0 Å². The van der Waals surface area contributed by atoms with Crippen molar-refractivity contribution in [3.05, 3.63) is 0 Å². The summed E-state index contributed by atoms with van der Waals surface area (Å²) in [5.74, 6) is 0. The summed E-state index contributed by atoms with van der Waals surface area (Å²) in [6, 6.07) is 1.31. The second-order valence-corrected chi connectivity index (χ2v) is 3.57. The molecule has 2 saturated heterocycles. The molecule has 0 aliphatic carbocycles. The number of nitrogens with zero attached hydrogens (tertiary/aromatic N) is 2. The zero-order valence-corrected chi connectivity index (χ0v) is 7.29. The summed E-state index contributed by atoms with van der Waals surface area (Å²) in [5, 5.41) is 1.99. The predicted molar refractivity (Wildman–Crippen MR) is 42.9 cm³/mol. The maximum atomic E-state index is 5.46. The minimum absolute atomic E-state index is 0.561. The van der Waals surface area contributed by atoms with E-state index in [-0.39, 0.29) is 0 Å². The maximum Gasteiger partial charge on any atom is 0.121 e. The first-order chi connectivity index (χ1) is 5.29. The van der Waals surface area contributed by atoms with E-state index in [4.69, 9.17) is 4.84 Å². The molecule has 0 N–H and O–H groups in total. The van der Waals surface area contributed by atoms with Crippen LogP contribution in [0.1, 0.15) is 19.8 Å². The Hall–Kier alpha value is -0.120. The number of hydroxylamine groups is 2. The first-order valence-electron chi connectivity index (χ1n) is 4.39. The van der Waals surface area contributed by atoms with Gasteiger partial charge < -0.3 is 0 Å². The predicted octanol–water partition coefficient (Wildman–Crippen LogP) is 0.674. The molecule has 2 aliphatic rings. The molecule has 0 radical (unpaired) electrons. The summed E-state index contributed by atoms with van der Waals surface area (Å²) in [6.45, 7) is 4.26. The fraction of sp³-hybridized carbons (Fsp3) is 1.00. The Morgan fingerprint density at radius 1 is 1.45 bits per heavy atom. The lowest BCUT2D eigenvalue weighted by Crippen LogP contribution is -2.52. The maximum absolute atomic E-state index is 5.46. The van der Waals surface area contributed by atoms with Crippen LogP contribution in [0.5, 0.6) is 0 Å². The molecule has 2 atom stereocenters. The van der Waals surface area contributed by atoms with Crippen LogP contribution in [0.2, 0.25) is 0 Å². The quantitative estimate of drug-likeness (QED) is 0.513. The molecule has 11 heavy (non-hydrogen) atoms. The van der Waals surface area contributed by atoms with Crippen LogP contribution in [0.15, 0.2) is 0 Å². The van der Waals surface area contributed by atoms with Crippen LogP contribution in [0.4, 0.5) is 0 Å². The van der Waals surface area contributed by atoms with E-state index in [1.54, 1.807) is 0 Å². The van der Waals surface area contributed by atoms with Gasteiger partial charge >= 0.3 is 0 Å². The van der Waals surface area contributed by atoms with Crippen molar-refractivity contribution in [1.82, 2.24) is 9.96 Å². The lowest BCUT2D eigenvalue weighted by Gasteiger charge is -2.40. The normalized spacial score (nSPS) is 40.9. The van der Waals surface area contributed by atoms with E-state index >= 15 is 0 Å². The molecular formula is C8H16N2O. The largest absolute Gasteiger partial charge is 0.283 e. The van der Waals surface area contributed by atoms with Crippen molar-refractivity contribution in [2.45, 2.75) is 31.8 Å². The van der Waals surface area contributed by atoms with Crippen LogP contribution >= 0.6 is 0 Å². The topological polar surface area (TPSA) is 15.7 Å². The molecular weight excluding hydrogens is 140 g/mol. The Morgan fingerprint density at radius 2 is 2.27 bits per heavy atom. The number of hydrogen-bond donors (Lipinski definition) is 0. The lowest BCUT2D eigenvalue weighted by atomic mass is 10.1. The highest BCUT2D eigenvalue weighted by atomic mass is 16.7. The van der Waals surface area contributed by atoms with Gasteiger partial charge in [-0.05, 0) is 19.8 Å². The van der Waals surface area contributed by atoms with Gasteiger partial charge in [0.2, 0.25) is 0 Å². The Labute approximate surface area is 67.9 Å². The summed E-state index contributed by atoms with van der Waals surface area (Å²) in [5.41, 5.74) is 0. The highest BCUT2D eigenvalue weighted by Gasteiger charge is 2.35. The summed E-state index contributed by atoms with van der Waals surface area (Å²) < 4.78 is 0. The highest BCUT2D eigenvalue weighted by molar-refractivity contribution is 4.86. The van der Waals surface area contributed by atoms with Crippen molar-refractivity contribution in [2.24, 2.45) is 0 Å². The molecule has 2 heterocycles. The first kappa shape index (κ1) is 7.53. The molecule has 3 nitrogen and oxygen atoms in total. The molecule has 2 fully saturated rings. The molecule has 0 bridgehead atoms. The number of hydrogen-bond acceptors (Lipinski definition) is 3. The van der Waals surface area contributed by atoms with Crippen LogP contribution in [0.25, 0.3) is 0 Å². The lowest BCUT2D eigenvalue weighted by molar-refractivity contribution is -0.244. The van der Waals surface area contributed by atoms with Crippen molar-refractivity contribution in [3.63, 3.8) is 0 Å². The molecule has 0 aromatic carbocycles. The molecule has 0 unspecified atom stereocenters. The Kier molecular flexibility index (Phi) is 1.87. The fourth-order valence-corrected chi connectivity index (χ4v) is 2.08. The van der Waals surface area contributed by atoms with Gasteiger partial charge in [0.1, 0.15) is 6.73 Å². The van der Waals surface area contributed by atoms with Crippen LogP contribution in [0.3, 0.4) is 0 Å². The third-order valence-electron chi connectivity index (χ3n) is 2.97. The Morgan fingerprint density at radius 3 is 3.09 bits per heavy atom. The molecule has 3 heteroatoms. The van der Waals surface area contributed by atoms with Crippen LogP contribution < -0.4 is 0 Å². The molecule has 0 aromatic rings. The molecule has 0 spiro atoms. The first-order valence-corrected chi connectivity index (χ1v) is 4.39. The minimum atomic E-state index is 0.561. The van der Waals surface area contributed by atoms with Gasteiger partial charge in [-0.1, -0.05) is 0 Å². The average Bonchev–Trinajstić information content (AvgIpc) is 2.45.